The number of thiophene rings is 1. The molecule has 7 heteroatoms. The van der Waals surface area contributed by atoms with Crippen molar-refractivity contribution in [3.8, 4) is 11.1 Å². The van der Waals surface area contributed by atoms with Crippen molar-refractivity contribution in [3.63, 3.8) is 0 Å². The predicted octanol–water partition coefficient (Wildman–Crippen LogP) is 2.35. The van der Waals surface area contributed by atoms with Crippen molar-refractivity contribution in [1.29, 1.82) is 0 Å². The summed E-state index contributed by atoms with van der Waals surface area (Å²) in [4.78, 5) is 34.5. The predicted molar refractivity (Wildman–Crippen MR) is 103 cm³/mol. The highest BCUT2D eigenvalue weighted by atomic mass is 32.1. The number of likely N-dealkylation sites (tertiary alicyclic amines) is 1. The number of carbonyl (C=O) groups is 1. The van der Waals surface area contributed by atoms with Gasteiger partial charge in [-0.1, -0.05) is 30.3 Å². The van der Waals surface area contributed by atoms with Crippen molar-refractivity contribution in [3.05, 3.63) is 51.9 Å². The molecule has 2 aromatic heterocycles. The highest BCUT2D eigenvalue weighted by Crippen LogP contribution is 2.30. The number of aromatic nitrogens is 2. The summed E-state index contributed by atoms with van der Waals surface area (Å²) in [7, 11) is 0. The van der Waals surface area contributed by atoms with E-state index in [1.54, 1.807) is 0 Å². The zero-order chi connectivity index (χ0) is 18.1. The minimum Gasteiger partial charge on any atom is -0.369 e. The lowest BCUT2D eigenvalue weighted by Crippen LogP contribution is -2.38. The largest absolute Gasteiger partial charge is 0.369 e. The number of benzene rings is 1. The fourth-order valence-corrected chi connectivity index (χ4v) is 4.45. The highest BCUT2D eigenvalue weighted by molar-refractivity contribution is 7.17. The molecule has 134 valence electrons. The smallest absolute Gasteiger partial charge is 0.260 e. The number of H-pyrrole nitrogens is 1. The van der Waals surface area contributed by atoms with E-state index in [-0.39, 0.29) is 17.4 Å². The van der Waals surface area contributed by atoms with E-state index in [0.717, 1.165) is 41.9 Å². The third-order valence-corrected chi connectivity index (χ3v) is 5.81. The number of hydrogen-bond donors (Lipinski definition) is 2. The summed E-state index contributed by atoms with van der Waals surface area (Å²) >= 11 is 1.49. The van der Waals surface area contributed by atoms with Gasteiger partial charge in [0.2, 0.25) is 5.91 Å². The molecule has 0 aliphatic carbocycles. The molecule has 6 nitrogen and oxygen atoms in total. The van der Waals surface area contributed by atoms with E-state index >= 15 is 0 Å². The molecule has 1 aromatic carbocycles. The Kier molecular flexibility index (Phi) is 4.57. The van der Waals surface area contributed by atoms with E-state index in [9.17, 15) is 9.59 Å². The summed E-state index contributed by atoms with van der Waals surface area (Å²) < 4.78 is 0. The van der Waals surface area contributed by atoms with Gasteiger partial charge in [-0.05, 0) is 31.5 Å². The Morgan fingerprint density at radius 3 is 2.69 bits per heavy atom. The molecule has 1 amide bonds. The second-order valence-corrected chi connectivity index (χ2v) is 7.52. The van der Waals surface area contributed by atoms with E-state index in [4.69, 9.17) is 5.73 Å². The van der Waals surface area contributed by atoms with Crippen LogP contribution in [-0.4, -0.2) is 33.9 Å². The second-order valence-electron chi connectivity index (χ2n) is 6.66. The molecule has 1 fully saturated rings. The van der Waals surface area contributed by atoms with Crippen molar-refractivity contribution < 1.29 is 4.79 Å². The molecule has 0 radical (unpaired) electrons. The van der Waals surface area contributed by atoms with Gasteiger partial charge in [-0.3, -0.25) is 14.5 Å². The number of fused-ring (bicyclic) bond motifs is 1. The van der Waals surface area contributed by atoms with E-state index < -0.39 is 0 Å². The van der Waals surface area contributed by atoms with Gasteiger partial charge in [0.05, 0.1) is 11.9 Å². The maximum Gasteiger partial charge on any atom is 0.260 e. The van der Waals surface area contributed by atoms with Gasteiger partial charge in [0, 0.05) is 16.9 Å². The van der Waals surface area contributed by atoms with Gasteiger partial charge >= 0.3 is 0 Å². The molecule has 4 rings (SSSR count). The summed E-state index contributed by atoms with van der Waals surface area (Å²) in [5.41, 5.74) is 7.23. The molecule has 3 N–H and O–H groups in total. The fraction of sp³-hybridized carbons (Fsp3) is 0.316. The van der Waals surface area contributed by atoms with Gasteiger partial charge in [-0.15, -0.1) is 11.3 Å². The number of carbonyl (C=O) groups excluding carboxylic acids is 1. The molecule has 0 spiro atoms. The molecule has 3 heterocycles. The number of nitrogens with two attached hydrogens (primary N) is 1. The quantitative estimate of drug-likeness (QED) is 0.739. The highest BCUT2D eigenvalue weighted by Gasteiger charge is 2.23. The fourth-order valence-electron chi connectivity index (χ4n) is 3.49. The van der Waals surface area contributed by atoms with Crippen molar-refractivity contribution >= 4 is 27.5 Å². The topological polar surface area (TPSA) is 92.1 Å². The first kappa shape index (κ1) is 16.9. The van der Waals surface area contributed by atoms with Crippen molar-refractivity contribution in [2.75, 3.05) is 13.1 Å². The Balaban J connectivity index is 1.57. The Morgan fingerprint density at radius 2 is 2.00 bits per heavy atom. The number of rotatable bonds is 4. The van der Waals surface area contributed by atoms with Crippen LogP contribution in [0, 0.1) is 5.92 Å². The Hall–Kier alpha value is -2.51. The van der Waals surface area contributed by atoms with Crippen LogP contribution in [0.15, 0.2) is 40.5 Å². The summed E-state index contributed by atoms with van der Waals surface area (Å²) in [6.45, 7) is 2.15. The average molecular weight is 368 g/mol. The van der Waals surface area contributed by atoms with E-state index in [0.29, 0.717) is 17.8 Å². The maximum absolute atomic E-state index is 12.7. The zero-order valence-corrected chi connectivity index (χ0v) is 15.1. The molecule has 3 aromatic rings. The lowest BCUT2D eigenvalue weighted by atomic mass is 9.96. The molecule has 0 atom stereocenters. The number of piperidine rings is 1. The molecule has 0 saturated carbocycles. The Morgan fingerprint density at radius 1 is 1.27 bits per heavy atom. The lowest BCUT2D eigenvalue weighted by Gasteiger charge is -2.29. The van der Waals surface area contributed by atoms with Crippen LogP contribution >= 0.6 is 11.3 Å². The van der Waals surface area contributed by atoms with Crippen LogP contribution in [-0.2, 0) is 11.3 Å². The summed E-state index contributed by atoms with van der Waals surface area (Å²) in [5.74, 6) is 0.414. The Labute approximate surface area is 154 Å². The molecule has 1 aliphatic rings. The van der Waals surface area contributed by atoms with Gasteiger partial charge in [0.25, 0.3) is 5.56 Å². The molecular formula is C19H20N4O2S. The minimum atomic E-state index is -0.218. The normalized spacial score (nSPS) is 16.2. The molecule has 0 unspecified atom stereocenters. The molecule has 1 saturated heterocycles. The van der Waals surface area contributed by atoms with Gasteiger partial charge < -0.3 is 10.7 Å². The maximum atomic E-state index is 12.7. The second kappa shape index (κ2) is 7.01. The number of amides is 1. The summed E-state index contributed by atoms with van der Waals surface area (Å²) in [6, 6.07) is 9.88. The van der Waals surface area contributed by atoms with Crippen LogP contribution < -0.4 is 11.3 Å². The van der Waals surface area contributed by atoms with Crippen molar-refractivity contribution in [2.45, 2.75) is 19.4 Å². The van der Waals surface area contributed by atoms with E-state index in [1.165, 1.54) is 11.3 Å². The standard InChI is InChI=1S/C19H20N4O2S/c20-17(24)13-6-8-23(9-7-13)10-15-21-18(25)16-14(11-26-19(16)22-15)12-4-2-1-3-5-12/h1-5,11,13H,6-10H2,(H2,20,24)(H,21,22,25). The average Bonchev–Trinajstić information content (AvgIpc) is 3.07. The van der Waals surface area contributed by atoms with Crippen LogP contribution in [0.5, 0.6) is 0 Å². The summed E-state index contributed by atoms with van der Waals surface area (Å²) in [6.07, 6.45) is 1.53. The first-order valence-corrected chi connectivity index (χ1v) is 9.57. The third-order valence-electron chi connectivity index (χ3n) is 4.94. The number of nitrogens with zero attached hydrogens (tertiary/aromatic N) is 2. The molecule has 26 heavy (non-hydrogen) atoms. The van der Waals surface area contributed by atoms with Gasteiger partial charge in [0.1, 0.15) is 10.7 Å². The number of hydrogen-bond acceptors (Lipinski definition) is 5. The van der Waals surface area contributed by atoms with Crippen LogP contribution in [0.4, 0.5) is 0 Å². The van der Waals surface area contributed by atoms with Gasteiger partial charge in [-0.25, -0.2) is 4.98 Å². The van der Waals surface area contributed by atoms with Crippen LogP contribution in [0.3, 0.4) is 0 Å². The van der Waals surface area contributed by atoms with Crippen LogP contribution in [0.25, 0.3) is 21.3 Å². The number of primary amides is 1. The van der Waals surface area contributed by atoms with Crippen molar-refractivity contribution in [1.82, 2.24) is 14.9 Å². The lowest BCUT2D eigenvalue weighted by molar-refractivity contribution is -0.123. The molecule has 0 bridgehead atoms. The zero-order valence-electron chi connectivity index (χ0n) is 14.3. The monoisotopic (exact) mass is 368 g/mol. The van der Waals surface area contributed by atoms with Gasteiger partial charge in [0.15, 0.2) is 0 Å². The minimum absolute atomic E-state index is 0.0357. The van der Waals surface area contributed by atoms with Crippen molar-refractivity contribution in [2.24, 2.45) is 11.7 Å². The molecule has 1 aliphatic heterocycles. The number of aromatic amines is 1. The molecular weight excluding hydrogens is 348 g/mol. The SMILES string of the molecule is NC(=O)C1CCN(Cc2nc3scc(-c4ccccc4)c3c(=O)[nH]2)CC1. The third kappa shape index (κ3) is 3.27. The Bertz CT molecular complexity index is 988. The first-order valence-electron chi connectivity index (χ1n) is 8.69. The summed E-state index contributed by atoms with van der Waals surface area (Å²) in [5, 5.41) is 2.64. The first-order chi connectivity index (χ1) is 12.6. The van der Waals surface area contributed by atoms with Crippen LogP contribution in [0.2, 0.25) is 0 Å². The number of nitrogens with one attached hydrogen (secondary N) is 1. The van der Waals surface area contributed by atoms with E-state index in [2.05, 4.69) is 14.9 Å². The van der Waals surface area contributed by atoms with E-state index in [1.807, 2.05) is 35.7 Å². The van der Waals surface area contributed by atoms with Gasteiger partial charge in [-0.2, -0.15) is 0 Å². The van der Waals surface area contributed by atoms with Crippen LogP contribution in [0.1, 0.15) is 18.7 Å².